The highest BCUT2D eigenvalue weighted by molar-refractivity contribution is 7.81. The van der Waals surface area contributed by atoms with Gasteiger partial charge in [-0.15, -0.1) is 0 Å². The molecule has 0 unspecified atom stereocenters. The van der Waals surface area contributed by atoms with Crippen molar-refractivity contribution in [3.63, 3.8) is 0 Å². The van der Waals surface area contributed by atoms with E-state index in [0.29, 0.717) is 5.92 Å². The molecule has 1 saturated heterocycles. The number of carboxylic acid groups (broad SMARTS) is 1. The second-order valence-corrected chi connectivity index (χ2v) is 5.09. The SMILES string of the molecule is CC(C)(S)C1CN(CC(=O)O)C1. The minimum absolute atomic E-state index is 0.0228. The van der Waals surface area contributed by atoms with Crippen LogP contribution in [0.25, 0.3) is 0 Å². The molecule has 0 aromatic carbocycles. The maximum Gasteiger partial charge on any atom is 0.317 e. The molecular weight excluding hydrogens is 174 g/mol. The van der Waals surface area contributed by atoms with Crippen LogP contribution in [-0.4, -0.2) is 40.4 Å². The number of nitrogens with zero attached hydrogens (tertiary/aromatic N) is 1. The molecular formula is C8H15NO2S. The molecule has 0 atom stereocenters. The second-order valence-electron chi connectivity index (χ2n) is 3.94. The molecule has 1 aliphatic rings. The van der Waals surface area contributed by atoms with E-state index in [1.54, 1.807) is 0 Å². The fourth-order valence-electron chi connectivity index (χ4n) is 1.34. The van der Waals surface area contributed by atoms with Crippen molar-refractivity contribution in [1.29, 1.82) is 0 Å². The van der Waals surface area contributed by atoms with Crippen molar-refractivity contribution >= 4 is 18.6 Å². The number of carboxylic acids is 1. The van der Waals surface area contributed by atoms with E-state index < -0.39 is 5.97 Å². The van der Waals surface area contributed by atoms with E-state index in [0.717, 1.165) is 13.1 Å². The van der Waals surface area contributed by atoms with Crippen LogP contribution in [0.3, 0.4) is 0 Å². The summed E-state index contributed by atoms with van der Waals surface area (Å²) in [6.07, 6.45) is 0. The Morgan fingerprint density at radius 2 is 2.17 bits per heavy atom. The van der Waals surface area contributed by atoms with E-state index in [1.165, 1.54) is 0 Å². The minimum Gasteiger partial charge on any atom is -0.480 e. The Morgan fingerprint density at radius 3 is 2.50 bits per heavy atom. The molecule has 1 heterocycles. The van der Waals surface area contributed by atoms with E-state index in [1.807, 2.05) is 4.90 Å². The summed E-state index contributed by atoms with van der Waals surface area (Å²) >= 11 is 4.44. The van der Waals surface area contributed by atoms with Crippen LogP contribution >= 0.6 is 12.6 Å². The van der Waals surface area contributed by atoms with Crippen LogP contribution < -0.4 is 0 Å². The maximum atomic E-state index is 10.3. The molecule has 0 saturated carbocycles. The zero-order valence-corrected chi connectivity index (χ0v) is 8.34. The van der Waals surface area contributed by atoms with Gasteiger partial charge in [-0.1, -0.05) is 13.8 Å². The lowest BCUT2D eigenvalue weighted by Crippen LogP contribution is -2.55. The molecule has 1 aliphatic heterocycles. The summed E-state index contributed by atoms with van der Waals surface area (Å²) in [5, 5.41) is 8.48. The molecule has 4 heteroatoms. The van der Waals surface area contributed by atoms with Crippen LogP contribution in [0.5, 0.6) is 0 Å². The first-order valence-corrected chi connectivity index (χ1v) is 4.51. The van der Waals surface area contributed by atoms with Crippen LogP contribution in [0.2, 0.25) is 0 Å². The predicted octanol–water partition coefficient (Wildman–Crippen LogP) is 0.711. The molecule has 1 fully saturated rings. The lowest BCUT2D eigenvalue weighted by atomic mass is 9.87. The topological polar surface area (TPSA) is 40.5 Å². The monoisotopic (exact) mass is 189 g/mol. The Balaban J connectivity index is 2.25. The number of hydrogen-bond acceptors (Lipinski definition) is 3. The molecule has 0 amide bonds. The highest BCUT2D eigenvalue weighted by atomic mass is 32.1. The lowest BCUT2D eigenvalue weighted by Gasteiger charge is -2.44. The number of rotatable bonds is 3. The van der Waals surface area contributed by atoms with E-state index in [-0.39, 0.29) is 11.3 Å². The van der Waals surface area contributed by atoms with E-state index in [2.05, 4.69) is 26.5 Å². The van der Waals surface area contributed by atoms with Gasteiger partial charge in [-0.05, 0) is 5.92 Å². The highest BCUT2D eigenvalue weighted by Crippen LogP contribution is 2.31. The molecule has 1 N–H and O–H groups in total. The first-order valence-electron chi connectivity index (χ1n) is 4.06. The predicted molar refractivity (Wildman–Crippen MR) is 50.6 cm³/mol. The van der Waals surface area contributed by atoms with Crippen LogP contribution in [-0.2, 0) is 4.79 Å². The second kappa shape index (κ2) is 3.26. The summed E-state index contributed by atoms with van der Waals surface area (Å²) in [6, 6.07) is 0. The first kappa shape index (κ1) is 9.86. The fourth-order valence-corrected chi connectivity index (χ4v) is 1.50. The molecule has 70 valence electrons. The van der Waals surface area contributed by atoms with Crippen molar-refractivity contribution in [1.82, 2.24) is 4.90 Å². The van der Waals surface area contributed by atoms with Crippen molar-refractivity contribution in [2.75, 3.05) is 19.6 Å². The van der Waals surface area contributed by atoms with Crippen LogP contribution in [0.15, 0.2) is 0 Å². The van der Waals surface area contributed by atoms with Gasteiger partial charge in [-0.25, -0.2) is 0 Å². The summed E-state index contributed by atoms with van der Waals surface area (Å²) in [5.74, 6) is -0.217. The van der Waals surface area contributed by atoms with Crippen molar-refractivity contribution in [2.24, 2.45) is 5.92 Å². The Morgan fingerprint density at radius 1 is 1.67 bits per heavy atom. The number of likely N-dealkylation sites (tertiary alicyclic amines) is 1. The first-order chi connectivity index (χ1) is 5.39. The molecule has 12 heavy (non-hydrogen) atoms. The van der Waals surface area contributed by atoms with Gasteiger partial charge < -0.3 is 5.11 Å². The molecule has 3 nitrogen and oxygen atoms in total. The average molecular weight is 189 g/mol. The van der Waals surface area contributed by atoms with Crippen LogP contribution in [0, 0.1) is 5.92 Å². The van der Waals surface area contributed by atoms with Crippen molar-refractivity contribution in [3.05, 3.63) is 0 Å². The third kappa shape index (κ3) is 2.38. The zero-order valence-electron chi connectivity index (χ0n) is 7.45. The molecule has 0 spiro atoms. The largest absolute Gasteiger partial charge is 0.480 e. The Labute approximate surface area is 78.2 Å². The fraction of sp³-hybridized carbons (Fsp3) is 0.875. The van der Waals surface area contributed by atoms with Gasteiger partial charge in [-0.2, -0.15) is 12.6 Å². The van der Waals surface area contributed by atoms with Crippen LogP contribution in [0.1, 0.15) is 13.8 Å². The summed E-state index contributed by atoms with van der Waals surface area (Å²) in [7, 11) is 0. The van der Waals surface area contributed by atoms with Gasteiger partial charge in [-0.3, -0.25) is 9.69 Å². The Kier molecular flexibility index (Phi) is 2.68. The van der Waals surface area contributed by atoms with Gasteiger partial charge >= 0.3 is 5.97 Å². The van der Waals surface area contributed by atoms with Gasteiger partial charge in [0.05, 0.1) is 6.54 Å². The lowest BCUT2D eigenvalue weighted by molar-refractivity contribution is -0.140. The van der Waals surface area contributed by atoms with E-state index >= 15 is 0 Å². The number of aliphatic carboxylic acids is 1. The van der Waals surface area contributed by atoms with E-state index in [9.17, 15) is 4.79 Å². The molecule has 0 radical (unpaired) electrons. The van der Waals surface area contributed by atoms with Crippen molar-refractivity contribution in [2.45, 2.75) is 18.6 Å². The summed E-state index contributed by atoms with van der Waals surface area (Å²) in [4.78, 5) is 12.2. The quantitative estimate of drug-likeness (QED) is 0.642. The highest BCUT2D eigenvalue weighted by Gasteiger charge is 2.36. The average Bonchev–Trinajstić information content (AvgIpc) is 1.73. The summed E-state index contributed by atoms with van der Waals surface area (Å²) < 4.78 is 0.0228. The Hall–Kier alpha value is -0.220. The number of carbonyl (C=O) groups is 1. The Bertz CT molecular complexity index is 182. The van der Waals surface area contributed by atoms with Crippen LogP contribution in [0.4, 0.5) is 0 Å². The van der Waals surface area contributed by atoms with Gasteiger partial charge in [0, 0.05) is 17.8 Å². The number of thiol groups is 1. The summed E-state index contributed by atoms with van der Waals surface area (Å²) in [5.41, 5.74) is 0. The van der Waals surface area contributed by atoms with Gasteiger partial charge in [0.2, 0.25) is 0 Å². The van der Waals surface area contributed by atoms with E-state index in [4.69, 9.17) is 5.11 Å². The molecule has 1 rings (SSSR count). The summed E-state index contributed by atoms with van der Waals surface area (Å²) in [6.45, 7) is 6.03. The standard InChI is InChI=1S/C8H15NO2S/c1-8(2,12)6-3-9(4-6)5-7(10)11/h6,12H,3-5H2,1-2H3,(H,10,11). The van der Waals surface area contributed by atoms with Crippen molar-refractivity contribution in [3.8, 4) is 0 Å². The van der Waals surface area contributed by atoms with Crippen molar-refractivity contribution < 1.29 is 9.90 Å². The molecule has 0 aliphatic carbocycles. The minimum atomic E-state index is -0.745. The normalized spacial score (nSPS) is 20.6. The molecule has 0 aromatic rings. The van der Waals surface area contributed by atoms with Gasteiger partial charge in [0.15, 0.2) is 0 Å². The smallest absolute Gasteiger partial charge is 0.317 e. The van der Waals surface area contributed by atoms with Gasteiger partial charge in [0.25, 0.3) is 0 Å². The third-order valence-electron chi connectivity index (χ3n) is 2.32. The number of hydrogen-bond donors (Lipinski definition) is 2. The molecule has 0 bridgehead atoms. The van der Waals surface area contributed by atoms with Gasteiger partial charge in [0.1, 0.15) is 0 Å². The molecule has 0 aromatic heterocycles. The zero-order chi connectivity index (χ0) is 9.35. The maximum absolute atomic E-state index is 10.3. The third-order valence-corrected chi connectivity index (χ3v) is 2.68.